The molecular weight excluding hydrogens is 321 g/mol. The van der Waals surface area contributed by atoms with Gasteiger partial charge in [0.15, 0.2) is 0 Å². The molecule has 128 valence electrons. The summed E-state index contributed by atoms with van der Waals surface area (Å²) in [5.74, 6) is 0.612. The van der Waals surface area contributed by atoms with Crippen molar-refractivity contribution in [3.05, 3.63) is 40.3 Å². The summed E-state index contributed by atoms with van der Waals surface area (Å²) in [6.07, 6.45) is 7.07. The van der Waals surface area contributed by atoms with Gasteiger partial charge in [0.05, 0.1) is 5.69 Å². The molecule has 1 aliphatic rings. The predicted molar refractivity (Wildman–Crippen MR) is 98.9 cm³/mol. The van der Waals surface area contributed by atoms with Gasteiger partial charge < -0.3 is 0 Å². The van der Waals surface area contributed by atoms with Crippen LogP contribution in [0.2, 0.25) is 0 Å². The van der Waals surface area contributed by atoms with E-state index >= 15 is 0 Å². The average Bonchev–Trinajstić information content (AvgIpc) is 3.00. The van der Waals surface area contributed by atoms with Crippen molar-refractivity contribution in [2.45, 2.75) is 45.4 Å². The SMILES string of the molecule is CCCC1CCC(=Nn2c(-c3ccccc3F)csc2=NC)CC1. The lowest BCUT2D eigenvalue weighted by Gasteiger charge is -2.22. The summed E-state index contributed by atoms with van der Waals surface area (Å²) < 4.78 is 16.0. The van der Waals surface area contributed by atoms with E-state index in [1.165, 1.54) is 48.8 Å². The fraction of sp³-hybridized carbons (Fsp3) is 0.474. The van der Waals surface area contributed by atoms with E-state index in [0.717, 1.165) is 29.3 Å². The molecule has 0 aliphatic heterocycles. The second kappa shape index (κ2) is 7.88. The van der Waals surface area contributed by atoms with Gasteiger partial charge in [-0.3, -0.25) is 4.99 Å². The first-order valence-electron chi connectivity index (χ1n) is 8.68. The third kappa shape index (κ3) is 3.66. The van der Waals surface area contributed by atoms with E-state index in [9.17, 15) is 4.39 Å². The van der Waals surface area contributed by atoms with Crippen LogP contribution in [0.3, 0.4) is 0 Å². The lowest BCUT2D eigenvalue weighted by molar-refractivity contribution is 0.407. The Labute approximate surface area is 146 Å². The number of hydrogen-bond acceptors (Lipinski definition) is 3. The molecule has 2 aromatic rings. The Morgan fingerprint density at radius 2 is 2.00 bits per heavy atom. The fourth-order valence-corrected chi connectivity index (χ4v) is 4.14. The van der Waals surface area contributed by atoms with E-state index in [1.807, 2.05) is 16.1 Å². The Morgan fingerprint density at radius 1 is 1.25 bits per heavy atom. The predicted octanol–water partition coefficient (Wildman–Crippen LogP) is 5.08. The molecule has 24 heavy (non-hydrogen) atoms. The molecule has 0 spiro atoms. The number of thiazole rings is 1. The molecule has 1 saturated carbocycles. The van der Waals surface area contributed by atoms with Crippen LogP contribution in [-0.2, 0) is 0 Å². The number of hydrogen-bond donors (Lipinski definition) is 0. The fourth-order valence-electron chi connectivity index (χ4n) is 3.35. The smallest absolute Gasteiger partial charge is 0.205 e. The molecule has 0 bridgehead atoms. The van der Waals surface area contributed by atoms with Crippen LogP contribution in [0.15, 0.2) is 39.7 Å². The lowest BCUT2D eigenvalue weighted by atomic mass is 9.85. The van der Waals surface area contributed by atoms with Crippen LogP contribution in [0.25, 0.3) is 11.3 Å². The molecule has 1 heterocycles. The molecule has 1 aromatic heterocycles. The van der Waals surface area contributed by atoms with Gasteiger partial charge in [0.25, 0.3) is 0 Å². The normalized spacial score (nSPS) is 18.9. The van der Waals surface area contributed by atoms with Gasteiger partial charge in [-0.25, -0.2) is 9.07 Å². The van der Waals surface area contributed by atoms with Crippen molar-refractivity contribution >= 4 is 17.0 Å². The zero-order valence-electron chi connectivity index (χ0n) is 14.3. The molecule has 1 aromatic carbocycles. The Balaban J connectivity index is 1.93. The van der Waals surface area contributed by atoms with Crippen LogP contribution < -0.4 is 4.80 Å². The van der Waals surface area contributed by atoms with E-state index in [1.54, 1.807) is 19.2 Å². The van der Waals surface area contributed by atoms with Gasteiger partial charge in [0, 0.05) is 23.7 Å². The minimum atomic E-state index is -0.224. The number of rotatable bonds is 4. The molecule has 0 unspecified atom stereocenters. The summed E-state index contributed by atoms with van der Waals surface area (Å²) in [7, 11) is 1.76. The third-order valence-electron chi connectivity index (χ3n) is 4.65. The van der Waals surface area contributed by atoms with Crippen LogP contribution in [0.4, 0.5) is 4.39 Å². The van der Waals surface area contributed by atoms with Gasteiger partial charge in [-0.15, -0.1) is 11.3 Å². The van der Waals surface area contributed by atoms with Gasteiger partial charge in [0.1, 0.15) is 5.82 Å². The summed E-state index contributed by atoms with van der Waals surface area (Å²) in [6, 6.07) is 6.85. The zero-order valence-corrected chi connectivity index (χ0v) is 15.2. The highest BCUT2D eigenvalue weighted by molar-refractivity contribution is 7.07. The van der Waals surface area contributed by atoms with Gasteiger partial charge in [0.2, 0.25) is 4.80 Å². The number of nitrogens with zero attached hydrogens (tertiary/aromatic N) is 3. The number of aromatic nitrogens is 1. The summed E-state index contributed by atoms with van der Waals surface area (Å²) in [6.45, 7) is 2.25. The summed E-state index contributed by atoms with van der Waals surface area (Å²) in [5.41, 5.74) is 2.56. The van der Waals surface area contributed by atoms with E-state index in [0.29, 0.717) is 5.56 Å². The molecule has 0 N–H and O–H groups in total. The summed E-state index contributed by atoms with van der Waals surface area (Å²) in [4.78, 5) is 5.11. The second-order valence-electron chi connectivity index (χ2n) is 6.32. The minimum absolute atomic E-state index is 0.224. The maximum Gasteiger partial charge on any atom is 0.205 e. The Bertz CT molecular complexity index is 778. The van der Waals surface area contributed by atoms with Crippen molar-refractivity contribution in [2.24, 2.45) is 16.0 Å². The van der Waals surface area contributed by atoms with Crippen LogP contribution in [-0.4, -0.2) is 17.4 Å². The molecule has 5 heteroatoms. The highest BCUT2D eigenvalue weighted by atomic mass is 32.1. The van der Waals surface area contributed by atoms with Gasteiger partial charge in [-0.05, 0) is 43.7 Å². The van der Waals surface area contributed by atoms with E-state index < -0.39 is 0 Å². The molecule has 0 radical (unpaired) electrons. The van der Waals surface area contributed by atoms with Gasteiger partial charge in [-0.2, -0.15) is 5.10 Å². The number of benzene rings is 1. The topological polar surface area (TPSA) is 29.6 Å². The molecule has 3 rings (SSSR count). The van der Waals surface area contributed by atoms with Crippen molar-refractivity contribution in [1.29, 1.82) is 0 Å². The van der Waals surface area contributed by atoms with Crippen molar-refractivity contribution in [3.8, 4) is 11.3 Å². The second-order valence-corrected chi connectivity index (χ2v) is 7.15. The van der Waals surface area contributed by atoms with Gasteiger partial charge >= 0.3 is 0 Å². The highest BCUT2D eigenvalue weighted by Gasteiger charge is 2.18. The van der Waals surface area contributed by atoms with E-state index in [-0.39, 0.29) is 5.82 Å². The average molecular weight is 345 g/mol. The first kappa shape index (κ1) is 17.1. The standard InChI is InChI=1S/C19H24FN3S/c1-3-6-14-9-11-15(12-10-14)22-23-18(13-24-19(23)21-2)16-7-4-5-8-17(16)20/h4-5,7-8,13-14H,3,6,9-12H2,1-2H3. The number of halogens is 1. The first-order chi connectivity index (χ1) is 11.7. The van der Waals surface area contributed by atoms with Crippen LogP contribution >= 0.6 is 11.3 Å². The maximum absolute atomic E-state index is 14.2. The molecule has 0 saturated heterocycles. The molecular formula is C19H24FN3S. The quantitative estimate of drug-likeness (QED) is 0.739. The van der Waals surface area contributed by atoms with E-state index in [4.69, 9.17) is 5.10 Å². The van der Waals surface area contributed by atoms with Crippen molar-refractivity contribution in [3.63, 3.8) is 0 Å². The minimum Gasteiger partial charge on any atom is -0.261 e. The van der Waals surface area contributed by atoms with E-state index in [2.05, 4.69) is 11.9 Å². The maximum atomic E-state index is 14.2. The molecule has 1 fully saturated rings. The van der Waals surface area contributed by atoms with Crippen LogP contribution in [0.5, 0.6) is 0 Å². The third-order valence-corrected chi connectivity index (χ3v) is 5.55. The molecule has 0 amide bonds. The Kier molecular flexibility index (Phi) is 5.61. The summed E-state index contributed by atoms with van der Waals surface area (Å²) in [5, 5.41) is 6.78. The molecule has 0 atom stereocenters. The van der Waals surface area contributed by atoms with Crippen molar-refractivity contribution in [2.75, 3.05) is 7.05 Å². The molecule has 1 aliphatic carbocycles. The monoisotopic (exact) mass is 345 g/mol. The highest BCUT2D eigenvalue weighted by Crippen LogP contribution is 2.27. The first-order valence-corrected chi connectivity index (χ1v) is 9.56. The zero-order chi connectivity index (χ0) is 16.9. The van der Waals surface area contributed by atoms with Crippen LogP contribution in [0, 0.1) is 11.7 Å². The Hall–Kier alpha value is -1.75. The summed E-state index contributed by atoms with van der Waals surface area (Å²) >= 11 is 1.50. The Morgan fingerprint density at radius 3 is 2.67 bits per heavy atom. The molecule has 3 nitrogen and oxygen atoms in total. The van der Waals surface area contributed by atoms with Crippen molar-refractivity contribution in [1.82, 2.24) is 4.68 Å². The van der Waals surface area contributed by atoms with Crippen molar-refractivity contribution < 1.29 is 4.39 Å². The van der Waals surface area contributed by atoms with Gasteiger partial charge in [-0.1, -0.05) is 31.9 Å². The largest absolute Gasteiger partial charge is 0.261 e. The van der Waals surface area contributed by atoms with Crippen LogP contribution in [0.1, 0.15) is 45.4 Å². The lowest BCUT2D eigenvalue weighted by Crippen LogP contribution is -2.19.